The minimum Gasteiger partial charge on any atom is -0.494 e. The Labute approximate surface area is 175 Å². The highest BCUT2D eigenvalue weighted by Gasteiger charge is 2.31. The predicted octanol–water partition coefficient (Wildman–Crippen LogP) is 4.93. The largest absolute Gasteiger partial charge is 0.494 e. The maximum atomic E-state index is 12.9. The molecular weight excluding hydrogens is 390 g/mol. The average molecular weight is 414 g/mol. The summed E-state index contributed by atoms with van der Waals surface area (Å²) in [4.78, 5) is 15.2. The second-order valence-electron chi connectivity index (χ2n) is 6.13. The van der Waals surface area contributed by atoms with Crippen LogP contribution in [0.5, 0.6) is 11.5 Å². The molecule has 28 heavy (non-hydrogen) atoms. The summed E-state index contributed by atoms with van der Waals surface area (Å²) in [5.74, 6) is 1.39. The van der Waals surface area contributed by atoms with E-state index in [0.717, 1.165) is 17.7 Å². The number of amides is 1. The van der Waals surface area contributed by atoms with Crippen molar-refractivity contribution in [1.82, 2.24) is 4.90 Å². The van der Waals surface area contributed by atoms with Crippen LogP contribution < -0.4 is 9.47 Å². The Morgan fingerprint density at radius 1 is 1.07 bits per heavy atom. The zero-order chi connectivity index (χ0) is 19.9. The van der Waals surface area contributed by atoms with Crippen molar-refractivity contribution < 1.29 is 14.3 Å². The third-order valence-electron chi connectivity index (χ3n) is 4.22. The van der Waals surface area contributed by atoms with Gasteiger partial charge >= 0.3 is 0 Å². The Hall–Kier alpha value is -2.31. The van der Waals surface area contributed by atoms with Crippen LogP contribution in [0.15, 0.2) is 53.4 Å². The van der Waals surface area contributed by atoms with Crippen molar-refractivity contribution in [2.75, 3.05) is 19.8 Å². The Balaban J connectivity index is 1.77. The fraction of sp³-hybridized carbons (Fsp3) is 0.273. The fourth-order valence-electron chi connectivity index (χ4n) is 2.89. The monoisotopic (exact) mass is 413 g/mol. The van der Waals surface area contributed by atoms with Gasteiger partial charge in [-0.2, -0.15) is 0 Å². The first kappa shape index (κ1) is 20.4. The molecule has 2 aromatic carbocycles. The second kappa shape index (κ2) is 9.75. The van der Waals surface area contributed by atoms with E-state index in [4.69, 9.17) is 21.7 Å². The molecule has 0 unspecified atom stereocenters. The zero-order valence-corrected chi connectivity index (χ0v) is 17.6. The topological polar surface area (TPSA) is 38.8 Å². The van der Waals surface area contributed by atoms with E-state index < -0.39 is 0 Å². The van der Waals surface area contributed by atoms with Gasteiger partial charge in [0.1, 0.15) is 15.8 Å². The molecule has 0 aromatic heterocycles. The SMILES string of the molecule is CCOc1ccc(C=C2SC(=S)N(CCc3ccccc3)C2=O)c(OCC)c1. The summed E-state index contributed by atoms with van der Waals surface area (Å²) in [6, 6.07) is 15.7. The third-order valence-corrected chi connectivity index (χ3v) is 5.60. The fourth-order valence-corrected chi connectivity index (χ4v) is 4.19. The molecule has 2 aromatic rings. The molecule has 1 aliphatic rings. The molecule has 0 saturated carbocycles. The van der Waals surface area contributed by atoms with E-state index in [0.29, 0.717) is 34.7 Å². The van der Waals surface area contributed by atoms with Crippen LogP contribution in [0.2, 0.25) is 0 Å². The van der Waals surface area contributed by atoms with Crippen LogP contribution in [-0.2, 0) is 11.2 Å². The lowest BCUT2D eigenvalue weighted by molar-refractivity contribution is -0.122. The molecule has 3 rings (SSSR count). The van der Waals surface area contributed by atoms with Gasteiger partial charge in [-0.25, -0.2) is 0 Å². The van der Waals surface area contributed by atoms with Crippen molar-refractivity contribution in [3.05, 3.63) is 64.6 Å². The summed E-state index contributed by atoms with van der Waals surface area (Å²) in [5.41, 5.74) is 2.03. The van der Waals surface area contributed by atoms with Gasteiger partial charge in [0, 0.05) is 18.2 Å². The first-order chi connectivity index (χ1) is 13.6. The molecule has 1 saturated heterocycles. The van der Waals surface area contributed by atoms with Gasteiger partial charge in [0.15, 0.2) is 0 Å². The van der Waals surface area contributed by atoms with Gasteiger partial charge in [0.25, 0.3) is 5.91 Å². The van der Waals surface area contributed by atoms with Crippen LogP contribution in [0.1, 0.15) is 25.0 Å². The molecule has 4 nitrogen and oxygen atoms in total. The molecular formula is C22H23NO3S2. The lowest BCUT2D eigenvalue weighted by atomic mass is 10.1. The van der Waals surface area contributed by atoms with Gasteiger partial charge in [0.2, 0.25) is 0 Å². The molecule has 0 spiro atoms. The summed E-state index contributed by atoms with van der Waals surface area (Å²) in [6.45, 7) is 5.57. The average Bonchev–Trinajstić information content (AvgIpc) is 2.96. The molecule has 0 atom stereocenters. The lowest BCUT2D eigenvalue weighted by Crippen LogP contribution is -2.30. The molecule has 0 aliphatic carbocycles. The van der Waals surface area contributed by atoms with Crippen LogP contribution >= 0.6 is 24.0 Å². The first-order valence-electron chi connectivity index (χ1n) is 9.31. The molecule has 6 heteroatoms. The Morgan fingerprint density at radius 3 is 2.54 bits per heavy atom. The number of benzene rings is 2. The van der Waals surface area contributed by atoms with Gasteiger partial charge < -0.3 is 9.47 Å². The number of hydrogen-bond donors (Lipinski definition) is 0. The molecule has 0 N–H and O–H groups in total. The maximum Gasteiger partial charge on any atom is 0.266 e. The number of carbonyl (C=O) groups is 1. The Morgan fingerprint density at radius 2 is 1.82 bits per heavy atom. The highest BCUT2D eigenvalue weighted by Crippen LogP contribution is 2.35. The number of ether oxygens (including phenoxy) is 2. The van der Waals surface area contributed by atoms with E-state index in [1.165, 1.54) is 17.3 Å². The molecule has 0 radical (unpaired) electrons. The summed E-state index contributed by atoms with van der Waals surface area (Å²) < 4.78 is 11.9. The zero-order valence-electron chi connectivity index (χ0n) is 16.0. The van der Waals surface area contributed by atoms with Gasteiger partial charge in [-0.1, -0.05) is 54.3 Å². The van der Waals surface area contributed by atoms with Crippen LogP contribution in [0, 0.1) is 0 Å². The van der Waals surface area contributed by atoms with Crippen molar-refractivity contribution in [2.45, 2.75) is 20.3 Å². The van der Waals surface area contributed by atoms with Crippen molar-refractivity contribution >= 4 is 40.3 Å². The minimum atomic E-state index is -0.0535. The highest BCUT2D eigenvalue weighted by atomic mass is 32.2. The van der Waals surface area contributed by atoms with E-state index in [1.54, 1.807) is 4.90 Å². The van der Waals surface area contributed by atoms with Crippen molar-refractivity contribution in [3.8, 4) is 11.5 Å². The van der Waals surface area contributed by atoms with Crippen LogP contribution in [0.25, 0.3) is 6.08 Å². The van der Waals surface area contributed by atoms with Crippen molar-refractivity contribution in [1.29, 1.82) is 0 Å². The van der Waals surface area contributed by atoms with E-state index in [-0.39, 0.29) is 5.91 Å². The minimum absolute atomic E-state index is 0.0535. The van der Waals surface area contributed by atoms with Crippen LogP contribution in [-0.4, -0.2) is 34.9 Å². The van der Waals surface area contributed by atoms with Gasteiger partial charge in [-0.15, -0.1) is 0 Å². The maximum absolute atomic E-state index is 12.9. The second-order valence-corrected chi connectivity index (χ2v) is 7.81. The van der Waals surface area contributed by atoms with Gasteiger partial charge in [0.05, 0.1) is 18.1 Å². The van der Waals surface area contributed by atoms with Gasteiger partial charge in [-0.05, 0) is 44.0 Å². The number of thioether (sulfide) groups is 1. The summed E-state index contributed by atoms with van der Waals surface area (Å²) >= 11 is 6.78. The molecule has 1 fully saturated rings. The lowest BCUT2D eigenvalue weighted by Gasteiger charge is -2.14. The first-order valence-corrected chi connectivity index (χ1v) is 10.5. The molecule has 146 valence electrons. The van der Waals surface area contributed by atoms with E-state index >= 15 is 0 Å². The molecule has 0 bridgehead atoms. The molecule has 1 amide bonds. The number of nitrogens with zero attached hydrogens (tertiary/aromatic N) is 1. The summed E-state index contributed by atoms with van der Waals surface area (Å²) in [5, 5.41) is 0. The summed E-state index contributed by atoms with van der Waals surface area (Å²) in [6.07, 6.45) is 2.62. The Bertz CT molecular complexity index is 881. The number of rotatable bonds is 8. The van der Waals surface area contributed by atoms with E-state index in [1.807, 2.05) is 56.3 Å². The van der Waals surface area contributed by atoms with E-state index in [2.05, 4.69) is 12.1 Å². The quantitative estimate of drug-likeness (QED) is 0.453. The standard InChI is InChI=1S/C22H23NO3S2/c1-3-25-18-11-10-17(19(15-18)26-4-2)14-20-21(24)23(22(27)28-20)13-12-16-8-6-5-7-9-16/h5-11,14-15H,3-4,12-13H2,1-2H3. The van der Waals surface area contributed by atoms with E-state index in [9.17, 15) is 4.79 Å². The number of carbonyl (C=O) groups excluding carboxylic acids is 1. The molecule has 1 aliphatic heterocycles. The summed E-state index contributed by atoms with van der Waals surface area (Å²) in [7, 11) is 0. The number of thiocarbonyl (C=S) groups is 1. The van der Waals surface area contributed by atoms with Crippen molar-refractivity contribution in [2.24, 2.45) is 0 Å². The van der Waals surface area contributed by atoms with Crippen LogP contribution in [0.3, 0.4) is 0 Å². The van der Waals surface area contributed by atoms with Gasteiger partial charge in [-0.3, -0.25) is 9.69 Å². The molecule has 1 heterocycles. The number of hydrogen-bond acceptors (Lipinski definition) is 5. The Kier molecular flexibility index (Phi) is 7.12. The smallest absolute Gasteiger partial charge is 0.266 e. The van der Waals surface area contributed by atoms with Crippen LogP contribution in [0.4, 0.5) is 0 Å². The normalized spacial score (nSPS) is 15.4. The third kappa shape index (κ3) is 4.94. The predicted molar refractivity (Wildman–Crippen MR) is 119 cm³/mol. The highest BCUT2D eigenvalue weighted by molar-refractivity contribution is 8.26. The van der Waals surface area contributed by atoms with Crippen molar-refractivity contribution in [3.63, 3.8) is 0 Å².